The molecule has 8 heteroatoms. The van der Waals surface area contributed by atoms with Crippen molar-refractivity contribution >= 4 is 20.0 Å². The van der Waals surface area contributed by atoms with Crippen LogP contribution in [0.3, 0.4) is 0 Å². The van der Waals surface area contributed by atoms with E-state index in [1.807, 2.05) is 6.92 Å². The third kappa shape index (κ3) is 5.98. The molecule has 0 bridgehead atoms. The van der Waals surface area contributed by atoms with Crippen molar-refractivity contribution in [1.29, 1.82) is 0 Å². The first-order chi connectivity index (χ1) is 7.21. The predicted molar refractivity (Wildman–Crippen MR) is 60.8 cm³/mol. The third-order valence-electron chi connectivity index (χ3n) is 1.99. The molecule has 1 aromatic carbocycles. The summed E-state index contributed by atoms with van der Waals surface area (Å²) < 4.78 is 52.6. The van der Waals surface area contributed by atoms with Crippen molar-refractivity contribution in [3.05, 3.63) is 29.8 Å². The maximum Gasteiger partial charge on any atom is 1.00 e. The van der Waals surface area contributed by atoms with E-state index in [-0.39, 0.29) is 35.9 Å². The van der Waals surface area contributed by atoms with E-state index in [1.165, 1.54) is 12.1 Å². The molecule has 0 saturated carbocycles. The number of hydrogen-bond acceptors (Lipinski definition) is 4. The third-order valence-corrected chi connectivity index (χ3v) is 4.70. The van der Waals surface area contributed by atoms with Crippen LogP contribution >= 0.6 is 0 Å². The average molecular weight is 288 g/mol. The van der Waals surface area contributed by atoms with Gasteiger partial charge >= 0.3 is 29.6 Å². The Hall–Kier alpha value is 0.0800. The van der Waals surface area contributed by atoms with Crippen LogP contribution in [0.15, 0.2) is 29.2 Å². The first kappa shape index (κ1) is 17.1. The zero-order chi connectivity index (χ0) is 12.4. The van der Waals surface area contributed by atoms with E-state index in [2.05, 4.69) is 0 Å². The van der Waals surface area contributed by atoms with E-state index in [0.29, 0.717) is 0 Å². The van der Waals surface area contributed by atoms with Crippen molar-refractivity contribution in [2.45, 2.75) is 11.8 Å². The Morgan fingerprint density at radius 3 is 1.94 bits per heavy atom. The first-order valence-corrected chi connectivity index (χ1v) is 7.71. The van der Waals surface area contributed by atoms with Crippen LogP contribution in [0.25, 0.3) is 0 Å². The number of benzene rings is 1. The van der Waals surface area contributed by atoms with Crippen LogP contribution in [-0.4, -0.2) is 32.9 Å². The summed E-state index contributed by atoms with van der Waals surface area (Å²) in [6, 6.07) is 6.07. The van der Waals surface area contributed by atoms with Crippen molar-refractivity contribution in [2.24, 2.45) is 0 Å². The molecule has 0 atom stereocenters. The van der Waals surface area contributed by atoms with Gasteiger partial charge in [-0.05, 0) is 19.1 Å². The van der Waals surface area contributed by atoms with Gasteiger partial charge in [0.1, 0.15) is 0 Å². The molecule has 0 fully saturated rings. The Kier molecular flexibility index (Phi) is 6.34. The summed E-state index contributed by atoms with van der Waals surface area (Å²) in [5.41, 5.74) is 0.911. The maximum atomic E-state index is 11.6. The summed E-state index contributed by atoms with van der Waals surface area (Å²) >= 11 is 0. The van der Waals surface area contributed by atoms with E-state index < -0.39 is 31.5 Å². The number of aryl methyl sites for hydroxylation is 1. The molecule has 0 heterocycles. The van der Waals surface area contributed by atoms with Crippen LogP contribution in [0.4, 0.5) is 0 Å². The Balaban J connectivity index is 0. The molecular formula is C9H13NaO5S2. The molecule has 0 spiro atoms. The van der Waals surface area contributed by atoms with Gasteiger partial charge in [-0.25, -0.2) is 8.42 Å². The Labute approximate surface area is 125 Å². The zero-order valence-electron chi connectivity index (χ0n) is 10.6. The Morgan fingerprint density at radius 2 is 1.53 bits per heavy atom. The molecule has 0 aromatic heterocycles. The molecule has 0 radical (unpaired) electrons. The summed E-state index contributed by atoms with van der Waals surface area (Å²) in [4.78, 5) is 0.0572. The zero-order valence-corrected chi connectivity index (χ0v) is 13.3. The second-order valence-electron chi connectivity index (χ2n) is 3.42. The second kappa shape index (κ2) is 6.31. The van der Waals surface area contributed by atoms with Crippen molar-refractivity contribution in [3.8, 4) is 0 Å². The molecule has 0 aliphatic rings. The minimum absolute atomic E-state index is 0. The van der Waals surface area contributed by atoms with Crippen LogP contribution in [0.2, 0.25) is 0 Å². The van der Waals surface area contributed by atoms with Gasteiger partial charge in [-0.2, -0.15) is 8.42 Å². The van der Waals surface area contributed by atoms with Crippen molar-refractivity contribution in [2.75, 3.05) is 11.5 Å². The molecule has 17 heavy (non-hydrogen) atoms. The van der Waals surface area contributed by atoms with Gasteiger partial charge in [-0.3, -0.25) is 4.55 Å². The molecule has 5 nitrogen and oxygen atoms in total. The molecule has 0 saturated heterocycles. The molecule has 1 aromatic rings. The van der Waals surface area contributed by atoms with E-state index in [0.717, 1.165) is 5.56 Å². The van der Waals surface area contributed by atoms with Gasteiger partial charge in [0.15, 0.2) is 9.84 Å². The minimum atomic E-state index is -4.25. The SMILES string of the molecule is Cc1ccc(S(=O)(=O)CCS(=O)(=O)O)cc1.[H-].[Na+]. The van der Waals surface area contributed by atoms with Crippen LogP contribution < -0.4 is 29.6 Å². The van der Waals surface area contributed by atoms with Crippen LogP contribution in [0.1, 0.15) is 6.99 Å². The van der Waals surface area contributed by atoms with Crippen molar-refractivity contribution in [1.82, 2.24) is 0 Å². The smallest absolute Gasteiger partial charge is 1.00 e. The quantitative estimate of drug-likeness (QED) is 0.500. The molecule has 1 N–H and O–H groups in total. The summed E-state index contributed by atoms with van der Waals surface area (Å²) in [6.07, 6.45) is 0. The summed E-state index contributed by atoms with van der Waals surface area (Å²) in [5, 5.41) is 0. The van der Waals surface area contributed by atoms with Crippen LogP contribution in [0.5, 0.6) is 0 Å². The number of rotatable bonds is 4. The van der Waals surface area contributed by atoms with Crippen molar-refractivity contribution < 1.29 is 52.4 Å². The van der Waals surface area contributed by atoms with Gasteiger partial charge in [0, 0.05) is 0 Å². The molecule has 0 aliphatic carbocycles. The predicted octanol–water partition coefficient (Wildman–Crippen LogP) is -2.23. The van der Waals surface area contributed by atoms with E-state index >= 15 is 0 Å². The number of hydrogen-bond donors (Lipinski definition) is 1. The molecule has 0 aliphatic heterocycles. The molecule has 92 valence electrons. The fraction of sp³-hybridized carbons (Fsp3) is 0.333. The Bertz CT molecular complexity index is 565. The van der Waals surface area contributed by atoms with E-state index in [1.54, 1.807) is 12.1 Å². The van der Waals surface area contributed by atoms with Gasteiger partial charge in [0.25, 0.3) is 10.1 Å². The first-order valence-electron chi connectivity index (χ1n) is 4.45. The normalized spacial score (nSPS) is 11.9. The van der Waals surface area contributed by atoms with Gasteiger partial charge in [0.2, 0.25) is 0 Å². The molecule has 1 rings (SSSR count). The van der Waals surface area contributed by atoms with Gasteiger partial charge in [-0.1, -0.05) is 17.7 Å². The molecule has 0 unspecified atom stereocenters. The topological polar surface area (TPSA) is 88.5 Å². The summed E-state index contributed by atoms with van der Waals surface area (Å²) in [7, 11) is -7.90. The summed E-state index contributed by atoms with van der Waals surface area (Å²) in [5.74, 6) is -1.40. The largest absolute Gasteiger partial charge is 1.00 e. The molecular weight excluding hydrogens is 275 g/mol. The van der Waals surface area contributed by atoms with Crippen molar-refractivity contribution in [3.63, 3.8) is 0 Å². The fourth-order valence-electron chi connectivity index (χ4n) is 1.08. The van der Waals surface area contributed by atoms with Gasteiger partial charge < -0.3 is 1.43 Å². The van der Waals surface area contributed by atoms with Gasteiger partial charge in [-0.15, -0.1) is 0 Å². The standard InChI is InChI=1S/C9H12O5S2.Na.H/c1-8-2-4-9(5-3-8)15(10,11)6-7-16(12,13)14;;/h2-5H,6-7H2,1H3,(H,12,13,14);;/q;+1;-1. The summed E-state index contributed by atoms with van der Waals surface area (Å²) in [6.45, 7) is 1.81. The van der Waals surface area contributed by atoms with E-state index in [9.17, 15) is 16.8 Å². The van der Waals surface area contributed by atoms with Crippen LogP contribution in [0, 0.1) is 6.92 Å². The number of sulfone groups is 1. The van der Waals surface area contributed by atoms with Crippen LogP contribution in [-0.2, 0) is 20.0 Å². The van der Waals surface area contributed by atoms with E-state index in [4.69, 9.17) is 4.55 Å². The fourth-order valence-corrected chi connectivity index (χ4v) is 3.59. The maximum absolute atomic E-state index is 11.6. The van der Waals surface area contributed by atoms with Gasteiger partial charge in [0.05, 0.1) is 16.4 Å². The Morgan fingerprint density at radius 1 is 1.06 bits per heavy atom. The molecule has 0 amide bonds. The second-order valence-corrected chi connectivity index (χ2v) is 7.10. The minimum Gasteiger partial charge on any atom is -1.00 e. The monoisotopic (exact) mass is 288 g/mol. The average Bonchev–Trinajstić information content (AvgIpc) is 2.15.